The Labute approximate surface area is 99.5 Å². The van der Waals surface area contributed by atoms with Crippen LogP contribution in [0.3, 0.4) is 0 Å². The Morgan fingerprint density at radius 2 is 1.76 bits per heavy atom. The van der Waals surface area contributed by atoms with Crippen LogP contribution < -0.4 is 20.9 Å². The molecule has 0 spiro atoms. The molecule has 0 heterocycles. The third kappa shape index (κ3) is 2.93. The maximum Gasteiger partial charge on any atom is 0.313 e. The summed E-state index contributed by atoms with van der Waals surface area (Å²) in [5.41, 5.74) is -1.22. The summed E-state index contributed by atoms with van der Waals surface area (Å²) in [6.07, 6.45) is 0. The first-order chi connectivity index (χ1) is 7.84. The number of carbonyl (C=O) groups is 1. The number of anilines is 1. The molecule has 0 radical (unpaired) electrons. The van der Waals surface area contributed by atoms with Crippen LogP contribution in [-0.2, 0) is 4.79 Å². The van der Waals surface area contributed by atoms with Gasteiger partial charge in [-0.3, -0.25) is 14.4 Å². The zero-order chi connectivity index (χ0) is 13.2. The minimum atomic E-state index is -0.731. The summed E-state index contributed by atoms with van der Waals surface area (Å²) in [6.45, 7) is 7.82. The molecule has 0 amide bonds. The number of nitrogens with one attached hydrogen (secondary N) is 1. The Kier molecular flexibility index (Phi) is 4.04. The van der Waals surface area contributed by atoms with Crippen LogP contribution in [0.1, 0.15) is 27.7 Å². The highest BCUT2D eigenvalue weighted by Gasteiger charge is 2.25. The summed E-state index contributed by atoms with van der Waals surface area (Å²) in [7, 11) is 0. The van der Waals surface area contributed by atoms with Crippen LogP contribution in [0.2, 0.25) is 0 Å². The van der Waals surface area contributed by atoms with Crippen molar-refractivity contribution in [3.63, 3.8) is 0 Å². The van der Waals surface area contributed by atoms with Crippen molar-refractivity contribution < 1.29 is 9.53 Å². The molecule has 1 aromatic rings. The summed E-state index contributed by atoms with van der Waals surface area (Å²) >= 11 is 0. The molecule has 5 heteroatoms. The largest absolute Gasteiger partial charge is 0.420 e. The van der Waals surface area contributed by atoms with Crippen LogP contribution in [0.4, 0.5) is 5.69 Å². The molecule has 0 bridgehead atoms. The molecule has 5 nitrogen and oxygen atoms in total. The zero-order valence-electron chi connectivity index (χ0n) is 10.5. The van der Waals surface area contributed by atoms with E-state index in [9.17, 15) is 14.4 Å². The molecule has 0 atom stereocenters. The maximum atomic E-state index is 11.3. The Balaban J connectivity index is 2.80. The fraction of sp³-hybridized carbons (Fsp3) is 0.583. The maximum absolute atomic E-state index is 11.3. The van der Waals surface area contributed by atoms with Crippen LogP contribution in [0.15, 0.2) is 9.59 Å². The first kappa shape index (κ1) is 13.4. The molecule has 1 aromatic carbocycles. The monoisotopic (exact) mass is 239 g/mol. The molecule has 0 aliphatic heterocycles. The van der Waals surface area contributed by atoms with Gasteiger partial charge in [-0.2, -0.15) is 0 Å². The minimum absolute atomic E-state index is 0.123. The first-order valence-corrected chi connectivity index (χ1v) is 5.63. The molecule has 0 unspecified atom stereocenters. The van der Waals surface area contributed by atoms with Gasteiger partial charge in [-0.15, -0.1) is 0 Å². The van der Waals surface area contributed by atoms with E-state index in [1.807, 2.05) is 13.8 Å². The summed E-state index contributed by atoms with van der Waals surface area (Å²) in [4.78, 5) is 33.9. The van der Waals surface area contributed by atoms with Crippen LogP contribution >= 0.6 is 0 Å². The highest BCUT2D eigenvalue weighted by Crippen LogP contribution is 2.18. The standard InChI is InChI=1S/C12H17NO4/c1-6(2)5-13-8-9(14)10(15)11(8)17-12(16)7(3)4/h6-7,13H,5H2,1-4H3. The van der Waals surface area contributed by atoms with Crippen molar-refractivity contribution in [3.8, 4) is 5.75 Å². The van der Waals surface area contributed by atoms with Crippen LogP contribution in [0, 0.1) is 11.8 Å². The van der Waals surface area contributed by atoms with E-state index >= 15 is 0 Å². The topological polar surface area (TPSA) is 72.5 Å². The summed E-state index contributed by atoms with van der Waals surface area (Å²) in [5.74, 6) is -0.663. The van der Waals surface area contributed by atoms with Gasteiger partial charge >= 0.3 is 5.97 Å². The van der Waals surface area contributed by atoms with E-state index in [-0.39, 0.29) is 17.4 Å². The Bertz CT molecular complexity index is 481. The van der Waals surface area contributed by atoms with E-state index < -0.39 is 16.8 Å². The van der Waals surface area contributed by atoms with Gasteiger partial charge in [-0.1, -0.05) is 27.7 Å². The van der Waals surface area contributed by atoms with Crippen molar-refractivity contribution >= 4 is 11.7 Å². The van der Waals surface area contributed by atoms with Crippen LogP contribution in [0.25, 0.3) is 0 Å². The lowest BCUT2D eigenvalue weighted by Crippen LogP contribution is -2.38. The lowest BCUT2D eigenvalue weighted by Gasteiger charge is -2.14. The number of carbonyl (C=O) groups excluding carboxylic acids is 1. The first-order valence-electron chi connectivity index (χ1n) is 5.63. The minimum Gasteiger partial charge on any atom is -0.420 e. The second kappa shape index (κ2) is 5.12. The van der Waals surface area contributed by atoms with E-state index in [0.29, 0.717) is 12.5 Å². The molecule has 94 valence electrons. The lowest BCUT2D eigenvalue weighted by molar-refractivity contribution is -0.137. The average molecular weight is 239 g/mol. The van der Waals surface area contributed by atoms with E-state index in [1.54, 1.807) is 13.8 Å². The quantitative estimate of drug-likeness (QED) is 0.611. The molecule has 0 saturated carbocycles. The van der Waals surface area contributed by atoms with E-state index in [0.717, 1.165) is 0 Å². The van der Waals surface area contributed by atoms with Crippen molar-refractivity contribution in [2.75, 3.05) is 11.9 Å². The number of hydrogen-bond acceptors (Lipinski definition) is 5. The predicted molar refractivity (Wildman–Crippen MR) is 65.2 cm³/mol. The molecule has 0 fully saturated rings. The molecule has 0 saturated heterocycles. The molecule has 0 aliphatic rings. The lowest BCUT2D eigenvalue weighted by atomic mass is 10.1. The molecular weight excluding hydrogens is 222 g/mol. The van der Waals surface area contributed by atoms with Crippen LogP contribution in [-0.4, -0.2) is 12.5 Å². The van der Waals surface area contributed by atoms with Gasteiger partial charge in [-0.25, -0.2) is 0 Å². The van der Waals surface area contributed by atoms with Gasteiger partial charge in [-0.05, 0) is 5.92 Å². The highest BCUT2D eigenvalue weighted by molar-refractivity contribution is 5.77. The summed E-state index contributed by atoms with van der Waals surface area (Å²) < 4.78 is 4.88. The molecule has 1 N–H and O–H groups in total. The summed E-state index contributed by atoms with van der Waals surface area (Å²) in [5, 5.41) is 2.83. The Morgan fingerprint density at radius 3 is 2.24 bits per heavy atom. The highest BCUT2D eigenvalue weighted by atomic mass is 16.5. The van der Waals surface area contributed by atoms with Gasteiger partial charge in [0.25, 0.3) is 10.9 Å². The van der Waals surface area contributed by atoms with Crippen LogP contribution in [0.5, 0.6) is 5.75 Å². The third-order valence-corrected chi connectivity index (χ3v) is 2.23. The molecule has 0 aromatic heterocycles. The molecule has 17 heavy (non-hydrogen) atoms. The zero-order valence-corrected chi connectivity index (χ0v) is 10.5. The van der Waals surface area contributed by atoms with Crippen molar-refractivity contribution in [3.05, 3.63) is 20.4 Å². The Hall–Kier alpha value is -1.65. The average Bonchev–Trinajstić information content (AvgIpc) is 2.26. The molecular formula is C12H17NO4. The van der Waals surface area contributed by atoms with Gasteiger partial charge in [0.2, 0.25) is 5.75 Å². The number of ether oxygens (including phenoxy) is 1. The predicted octanol–water partition coefficient (Wildman–Crippen LogP) is 0.912. The Morgan fingerprint density at radius 1 is 1.18 bits per heavy atom. The molecule has 1 rings (SSSR count). The molecule has 0 aliphatic carbocycles. The van der Waals surface area contributed by atoms with Gasteiger partial charge in [0.1, 0.15) is 5.69 Å². The van der Waals surface area contributed by atoms with Gasteiger partial charge in [0, 0.05) is 6.54 Å². The normalized spacial score (nSPS) is 11.2. The second-order valence-electron chi connectivity index (χ2n) is 4.71. The van der Waals surface area contributed by atoms with Crippen molar-refractivity contribution in [2.45, 2.75) is 27.7 Å². The second-order valence-corrected chi connectivity index (χ2v) is 4.71. The van der Waals surface area contributed by atoms with Crippen molar-refractivity contribution in [2.24, 2.45) is 11.8 Å². The van der Waals surface area contributed by atoms with Gasteiger partial charge < -0.3 is 10.1 Å². The smallest absolute Gasteiger partial charge is 0.313 e. The van der Waals surface area contributed by atoms with Crippen molar-refractivity contribution in [1.82, 2.24) is 0 Å². The number of hydrogen-bond donors (Lipinski definition) is 1. The third-order valence-electron chi connectivity index (χ3n) is 2.23. The summed E-state index contributed by atoms with van der Waals surface area (Å²) in [6, 6.07) is 0. The van der Waals surface area contributed by atoms with Gasteiger partial charge in [0.05, 0.1) is 5.92 Å². The SMILES string of the molecule is CC(C)CNc1c(OC(=O)C(C)C)c(=O)c1=O. The van der Waals surface area contributed by atoms with E-state index in [2.05, 4.69) is 5.32 Å². The van der Waals surface area contributed by atoms with E-state index in [1.165, 1.54) is 0 Å². The fourth-order valence-corrected chi connectivity index (χ4v) is 1.15. The number of rotatable bonds is 5. The number of esters is 1. The van der Waals surface area contributed by atoms with Crippen molar-refractivity contribution in [1.29, 1.82) is 0 Å². The van der Waals surface area contributed by atoms with Gasteiger partial charge in [0.15, 0.2) is 0 Å². The fourth-order valence-electron chi connectivity index (χ4n) is 1.15. The van der Waals surface area contributed by atoms with E-state index in [4.69, 9.17) is 4.74 Å².